The van der Waals surface area contributed by atoms with Gasteiger partial charge in [-0.2, -0.15) is 0 Å². The van der Waals surface area contributed by atoms with E-state index in [4.69, 9.17) is 0 Å². The fraction of sp³-hybridized carbons (Fsp3) is 0.153. The van der Waals surface area contributed by atoms with Gasteiger partial charge in [0.25, 0.3) is 0 Å². The molecular formula is C59H53NSi. The number of hydrogen-bond donors (Lipinski definition) is 0. The molecular weight excluding hydrogens is 751 g/mol. The van der Waals surface area contributed by atoms with Gasteiger partial charge < -0.3 is 4.90 Å². The topological polar surface area (TPSA) is 3.24 Å². The van der Waals surface area contributed by atoms with Gasteiger partial charge in [-0.05, 0) is 116 Å². The Morgan fingerprint density at radius 3 is 1.62 bits per heavy atom. The van der Waals surface area contributed by atoms with E-state index in [-0.39, 0.29) is 5.41 Å². The lowest BCUT2D eigenvalue weighted by Crippen LogP contribution is -2.37. The smallest absolute Gasteiger partial charge is 0.0775 e. The van der Waals surface area contributed by atoms with Crippen molar-refractivity contribution in [2.24, 2.45) is 0 Å². The molecule has 298 valence electrons. The Morgan fingerprint density at radius 1 is 0.443 bits per heavy atom. The average Bonchev–Trinajstić information content (AvgIpc) is 3.77. The number of anilines is 3. The molecule has 0 heterocycles. The van der Waals surface area contributed by atoms with Crippen molar-refractivity contribution in [3.05, 3.63) is 239 Å². The zero-order valence-corrected chi connectivity index (χ0v) is 37.0. The molecule has 0 bridgehead atoms. The van der Waals surface area contributed by atoms with Crippen LogP contribution in [0.25, 0.3) is 34.4 Å². The van der Waals surface area contributed by atoms with E-state index in [1.807, 2.05) is 0 Å². The molecule has 2 heteroatoms. The van der Waals surface area contributed by atoms with Crippen LogP contribution in [0.1, 0.15) is 71.2 Å². The van der Waals surface area contributed by atoms with Crippen molar-refractivity contribution in [1.82, 2.24) is 0 Å². The summed E-state index contributed by atoms with van der Waals surface area (Å²) >= 11 is 0. The third-order valence-corrected chi connectivity index (χ3v) is 15.9. The first kappa shape index (κ1) is 38.7. The van der Waals surface area contributed by atoms with Crippen molar-refractivity contribution >= 4 is 42.5 Å². The number of hydrogen-bond acceptors (Lipinski definition) is 1. The Hall–Kier alpha value is -6.48. The maximum Gasteiger partial charge on any atom is 0.0775 e. The highest BCUT2D eigenvalue weighted by Gasteiger charge is 2.46. The average molecular weight is 804 g/mol. The van der Waals surface area contributed by atoms with Crippen molar-refractivity contribution in [3.8, 4) is 22.3 Å². The van der Waals surface area contributed by atoms with Gasteiger partial charge in [0, 0.05) is 22.5 Å². The van der Waals surface area contributed by atoms with Crippen LogP contribution in [-0.2, 0) is 10.8 Å². The van der Waals surface area contributed by atoms with Crippen LogP contribution >= 0.6 is 0 Å². The Kier molecular flexibility index (Phi) is 9.65. The van der Waals surface area contributed by atoms with E-state index in [2.05, 4.69) is 245 Å². The van der Waals surface area contributed by atoms with Gasteiger partial charge in [0.15, 0.2) is 0 Å². The Balaban J connectivity index is 1.06. The van der Waals surface area contributed by atoms with Gasteiger partial charge in [0.05, 0.1) is 13.5 Å². The highest BCUT2D eigenvalue weighted by molar-refractivity contribution is 6.88. The zero-order valence-electron chi connectivity index (χ0n) is 36.0. The van der Waals surface area contributed by atoms with E-state index in [1.165, 1.54) is 89.0 Å². The van der Waals surface area contributed by atoms with Crippen LogP contribution < -0.4 is 10.1 Å². The first-order chi connectivity index (χ1) is 29.8. The predicted molar refractivity (Wildman–Crippen MR) is 264 cm³/mol. The quantitative estimate of drug-likeness (QED) is 0.0983. The van der Waals surface area contributed by atoms with Crippen LogP contribution in [0.4, 0.5) is 17.1 Å². The number of fused-ring (bicyclic) bond motifs is 6. The van der Waals surface area contributed by atoms with E-state index in [0.717, 1.165) is 12.8 Å². The SMILES string of the molecule is CCC1(CC)c2cc(/C=C/c3cccc4c3-c3ccccc3C4(c3ccccc3)c3ccccc3)ccc2-c2ccc(N(c3ccccc3)c3ccc([Si](C)(C)C)cc3)cc21. The van der Waals surface area contributed by atoms with Crippen LogP contribution in [0.2, 0.25) is 19.6 Å². The Labute approximate surface area is 363 Å². The van der Waals surface area contributed by atoms with E-state index in [9.17, 15) is 0 Å². The molecule has 0 aromatic heterocycles. The molecule has 2 aliphatic rings. The summed E-state index contributed by atoms with van der Waals surface area (Å²) in [6.07, 6.45) is 6.75. The molecule has 0 amide bonds. The summed E-state index contributed by atoms with van der Waals surface area (Å²) in [4.78, 5) is 2.43. The summed E-state index contributed by atoms with van der Waals surface area (Å²) in [5.41, 5.74) is 19.0. The molecule has 2 aliphatic carbocycles. The minimum Gasteiger partial charge on any atom is -0.310 e. The summed E-state index contributed by atoms with van der Waals surface area (Å²) in [6, 6.07) is 72.7. The van der Waals surface area contributed by atoms with E-state index in [1.54, 1.807) is 0 Å². The summed E-state index contributed by atoms with van der Waals surface area (Å²) < 4.78 is 0. The minimum absolute atomic E-state index is 0.0908. The molecule has 0 atom stereocenters. The maximum atomic E-state index is 2.49. The molecule has 0 radical (unpaired) electrons. The molecule has 0 saturated carbocycles. The number of benzene rings is 8. The van der Waals surface area contributed by atoms with Gasteiger partial charge in [0.2, 0.25) is 0 Å². The lowest BCUT2D eigenvalue weighted by atomic mass is 9.67. The number of para-hydroxylation sites is 1. The van der Waals surface area contributed by atoms with E-state index < -0.39 is 13.5 Å². The van der Waals surface area contributed by atoms with Crippen molar-refractivity contribution in [3.63, 3.8) is 0 Å². The molecule has 0 aliphatic heterocycles. The van der Waals surface area contributed by atoms with E-state index in [0.29, 0.717) is 0 Å². The molecule has 1 nitrogen and oxygen atoms in total. The van der Waals surface area contributed by atoms with Crippen LogP contribution in [0.3, 0.4) is 0 Å². The molecule has 0 spiro atoms. The lowest BCUT2D eigenvalue weighted by molar-refractivity contribution is 0.490. The summed E-state index contributed by atoms with van der Waals surface area (Å²) in [5, 5.41) is 1.48. The second-order valence-electron chi connectivity index (χ2n) is 17.9. The monoisotopic (exact) mass is 803 g/mol. The predicted octanol–water partition coefficient (Wildman–Crippen LogP) is 15.3. The number of rotatable bonds is 10. The van der Waals surface area contributed by atoms with Crippen LogP contribution in [0.5, 0.6) is 0 Å². The maximum absolute atomic E-state index is 2.49. The summed E-state index contributed by atoms with van der Waals surface area (Å²) in [7, 11) is -1.43. The normalized spacial score (nSPS) is 14.3. The molecule has 0 N–H and O–H groups in total. The fourth-order valence-electron chi connectivity index (χ4n) is 10.7. The highest BCUT2D eigenvalue weighted by atomic mass is 28.3. The fourth-order valence-corrected chi connectivity index (χ4v) is 11.9. The second kappa shape index (κ2) is 15.2. The highest BCUT2D eigenvalue weighted by Crippen LogP contribution is 2.58. The molecule has 0 saturated heterocycles. The molecule has 61 heavy (non-hydrogen) atoms. The lowest BCUT2D eigenvalue weighted by Gasteiger charge is -2.33. The molecule has 0 unspecified atom stereocenters. The van der Waals surface area contributed by atoms with Gasteiger partial charge in [-0.25, -0.2) is 0 Å². The van der Waals surface area contributed by atoms with Gasteiger partial charge in [0.1, 0.15) is 0 Å². The van der Waals surface area contributed by atoms with Gasteiger partial charge in [-0.15, -0.1) is 0 Å². The van der Waals surface area contributed by atoms with E-state index >= 15 is 0 Å². The van der Waals surface area contributed by atoms with Crippen molar-refractivity contribution < 1.29 is 0 Å². The van der Waals surface area contributed by atoms with Gasteiger partial charge in [-0.1, -0.05) is 209 Å². The molecule has 0 fully saturated rings. The second-order valence-corrected chi connectivity index (χ2v) is 23.0. The van der Waals surface area contributed by atoms with Crippen LogP contribution in [0, 0.1) is 0 Å². The van der Waals surface area contributed by atoms with Crippen molar-refractivity contribution in [2.45, 2.75) is 57.2 Å². The minimum atomic E-state index is -1.43. The van der Waals surface area contributed by atoms with Crippen molar-refractivity contribution in [1.29, 1.82) is 0 Å². The van der Waals surface area contributed by atoms with Gasteiger partial charge >= 0.3 is 0 Å². The third kappa shape index (κ3) is 6.19. The van der Waals surface area contributed by atoms with Crippen LogP contribution in [-0.4, -0.2) is 8.07 Å². The summed E-state index contributed by atoms with van der Waals surface area (Å²) in [5.74, 6) is 0. The first-order valence-corrected chi connectivity index (χ1v) is 25.6. The first-order valence-electron chi connectivity index (χ1n) is 22.1. The van der Waals surface area contributed by atoms with Gasteiger partial charge in [-0.3, -0.25) is 0 Å². The zero-order chi connectivity index (χ0) is 41.8. The van der Waals surface area contributed by atoms with Crippen molar-refractivity contribution in [2.75, 3.05) is 4.90 Å². The largest absolute Gasteiger partial charge is 0.310 e. The number of nitrogens with zero attached hydrogens (tertiary/aromatic N) is 1. The van der Waals surface area contributed by atoms with Crippen LogP contribution in [0.15, 0.2) is 194 Å². The Bertz CT molecular complexity index is 2860. The summed E-state index contributed by atoms with van der Waals surface area (Å²) in [6.45, 7) is 12.0. The third-order valence-electron chi connectivity index (χ3n) is 13.8. The Morgan fingerprint density at radius 2 is 0.984 bits per heavy atom. The standard InChI is InChI=1S/C59H53NSi/c1-6-58(7-2)55-40-42(31-38-50(55)51-39-35-48(41-56(51)58)60(46-25-15-10-16-26-46)47-33-36-49(37-34-47)61(3,4)5)30-32-43-20-19-29-54-57(43)52-27-17-18-28-53(52)59(54,44-21-11-8-12-22-44)45-23-13-9-14-24-45/h8-41H,6-7H2,1-5H3/b32-30+. The molecule has 8 aromatic rings. The molecule has 10 rings (SSSR count). The molecule has 8 aromatic carbocycles.